The summed E-state index contributed by atoms with van der Waals surface area (Å²) in [7, 11) is 4.18. The van der Waals surface area contributed by atoms with E-state index in [1.54, 1.807) is 11.3 Å². The lowest BCUT2D eigenvalue weighted by Gasteiger charge is -2.10. The van der Waals surface area contributed by atoms with E-state index in [2.05, 4.69) is 77.8 Å². The Hall–Kier alpha value is -2.01. The van der Waals surface area contributed by atoms with E-state index in [9.17, 15) is 0 Å². The molecule has 0 radical (unpaired) electrons. The third-order valence-electron chi connectivity index (χ3n) is 3.72. The fourth-order valence-electron chi connectivity index (χ4n) is 2.56. The number of hydrogen-bond donors (Lipinski definition) is 1. The fraction of sp³-hybridized carbons (Fsp3) is 0.250. The van der Waals surface area contributed by atoms with E-state index in [-0.39, 0.29) is 0 Å². The normalized spacial score (nSPS) is 11.1. The summed E-state index contributed by atoms with van der Waals surface area (Å²) < 4.78 is 0. The van der Waals surface area contributed by atoms with Gasteiger partial charge in [-0.05, 0) is 25.2 Å². The summed E-state index contributed by atoms with van der Waals surface area (Å²) in [6.07, 6.45) is 1.97. The van der Waals surface area contributed by atoms with Crippen molar-refractivity contribution in [3.05, 3.63) is 76.8 Å². The lowest BCUT2D eigenvalue weighted by atomic mass is 10.1. The minimum atomic E-state index is 0.851. The molecule has 0 aliphatic rings. The average Bonchev–Trinajstić information content (AvgIpc) is 3.06. The van der Waals surface area contributed by atoms with Crippen molar-refractivity contribution < 1.29 is 0 Å². The number of benzene rings is 2. The molecule has 0 atom stereocenters. The minimum Gasteiger partial charge on any atom is -0.308 e. The lowest BCUT2D eigenvalue weighted by Crippen LogP contribution is -2.12. The van der Waals surface area contributed by atoms with Gasteiger partial charge in [0, 0.05) is 36.3 Å². The van der Waals surface area contributed by atoms with Crippen LogP contribution in [0.5, 0.6) is 0 Å². The highest BCUT2D eigenvalue weighted by Crippen LogP contribution is 2.24. The van der Waals surface area contributed by atoms with Crippen LogP contribution in [0, 0.1) is 0 Å². The largest absolute Gasteiger partial charge is 0.308 e. The van der Waals surface area contributed by atoms with Crippen LogP contribution in [0.25, 0.3) is 10.6 Å². The van der Waals surface area contributed by atoms with Crippen LogP contribution in [0.3, 0.4) is 0 Å². The Kier molecular flexibility index (Phi) is 5.75. The van der Waals surface area contributed by atoms with Gasteiger partial charge in [0.15, 0.2) is 0 Å². The molecule has 0 saturated carbocycles. The van der Waals surface area contributed by atoms with Crippen LogP contribution in [-0.2, 0) is 19.6 Å². The summed E-state index contributed by atoms with van der Waals surface area (Å²) in [6, 6.07) is 19.2. The van der Waals surface area contributed by atoms with Crippen LogP contribution < -0.4 is 5.32 Å². The van der Waals surface area contributed by atoms with Crippen molar-refractivity contribution in [3.8, 4) is 10.6 Å². The number of nitrogens with one attached hydrogen (secondary N) is 1. The molecule has 124 valence electrons. The van der Waals surface area contributed by atoms with Gasteiger partial charge in [0.1, 0.15) is 5.01 Å². The lowest BCUT2D eigenvalue weighted by molar-refractivity contribution is 0.402. The van der Waals surface area contributed by atoms with Gasteiger partial charge >= 0.3 is 0 Å². The van der Waals surface area contributed by atoms with E-state index in [1.807, 2.05) is 12.3 Å². The molecule has 0 aliphatic carbocycles. The topological polar surface area (TPSA) is 28.2 Å². The predicted molar refractivity (Wildman–Crippen MR) is 102 cm³/mol. The number of aromatic nitrogens is 1. The first-order valence-electron chi connectivity index (χ1n) is 8.14. The third-order valence-corrected chi connectivity index (χ3v) is 4.77. The minimum absolute atomic E-state index is 0.851. The first-order chi connectivity index (χ1) is 11.7. The molecule has 3 aromatic rings. The maximum atomic E-state index is 4.53. The van der Waals surface area contributed by atoms with Gasteiger partial charge in [-0.15, -0.1) is 11.3 Å². The van der Waals surface area contributed by atoms with E-state index in [0.717, 1.165) is 24.6 Å². The van der Waals surface area contributed by atoms with Gasteiger partial charge in [-0.3, -0.25) is 0 Å². The van der Waals surface area contributed by atoms with Gasteiger partial charge in [0.05, 0.1) is 0 Å². The summed E-state index contributed by atoms with van der Waals surface area (Å²) in [5.41, 5.74) is 3.84. The zero-order valence-corrected chi connectivity index (χ0v) is 15.0. The number of rotatable bonds is 7. The molecule has 1 N–H and O–H groups in total. The average molecular weight is 337 g/mol. The summed E-state index contributed by atoms with van der Waals surface area (Å²) in [6.45, 7) is 2.71. The fourth-order valence-corrected chi connectivity index (χ4v) is 3.45. The zero-order valence-electron chi connectivity index (χ0n) is 14.2. The predicted octanol–water partition coefficient (Wildman–Crippen LogP) is 4.16. The van der Waals surface area contributed by atoms with Gasteiger partial charge in [0.25, 0.3) is 0 Å². The molecule has 0 spiro atoms. The van der Waals surface area contributed by atoms with Gasteiger partial charge < -0.3 is 10.2 Å². The van der Waals surface area contributed by atoms with Crippen LogP contribution in [0.15, 0.2) is 60.8 Å². The third kappa shape index (κ3) is 4.74. The van der Waals surface area contributed by atoms with Crippen molar-refractivity contribution in [2.45, 2.75) is 19.6 Å². The standard InChI is InChI=1S/C20H23N3S/c1-23(2)15-17-10-8-16(9-11-17)12-21-13-19-14-22-20(24-19)18-6-4-3-5-7-18/h3-11,14,21H,12-13,15H2,1-2H3. The molecule has 1 aromatic heterocycles. The van der Waals surface area contributed by atoms with Crippen LogP contribution in [0.4, 0.5) is 0 Å². The molecule has 0 bridgehead atoms. The van der Waals surface area contributed by atoms with Crippen molar-refractivity contribution in [1.82, 2.24) is 15.2 Å². The molecule has 1 heterocycles. The molecular weight excluding hydrogens is 314 g/mol. The molecule has 0 aliphatic heterocycles. The second-order valence-electron chi connectivity index (χ2n) is 6.16. The molecule has 0 unspecified atom stereocenters. The summed E-state index contributed by atoms with van der Waals surface area (Å²) >= 11 is 1.75. The Bertz CT molecular complexity index is 748. The Morgan fingerprint density at radius 1 is 0.917 bits per heavy atom. The van der Waals surface area contributed by atoms with Crippen molar-refractivity contribution in [2.75, 3.05) is 14.1 Å². The van der Waals surface area contributed by atoms with Crippen molar-refractivity contribution >= 4 is 11.3 Å². The van der Waals surface area contributed by atoms with Gasteiger partial charge in [-0.1, -0.05) is 54.6 Å². The highest BCUT2D eigenvalue weighted by molar-refractivity contribution is 7.15. The van der Waals surface area contributed by atoms with Crippen molar-refractivity contribution in [2.24, 2.45) is 0 Å². The van der Waals surface area contributed by atoms with E-state index in [0.29, 0.717) is 0 Å². The number of nitrogens with zero attached hydrogens (tertiary/aromatic N) is 2. The smallest absolute Gasteiger partial charge is 0.123 e. The Balaban J connectivity index is 1.51. The van der Waals surface area contributed by atoms with E-state index in [4.69, 9.17) is 0 Å². The Labute approximate surface area is 148 Å². The molecular formula is C20H23N3S. The monoisotopic (exact) mass is 337 g/mol. The molecule has 24 heavy (non-hydrogen) atoms. The molecule has 0 fully saturated rings. The van der Waals surface area contributed by atoms with Gasteiger partial charge in [-0.25, -0.2) is 4.98 Å². The second-order valence-corrected chi connectivity index (χ2v) is 7.27. The summed E-state index contributed by atoms with van der Waals surface area (Å²) in [4.78, 5) is 7.97. The maximum absolute atomic E-state index is 4.53. The Morgan fingerprint density at radius 3 is 2.33 bits per heavy atom. The molecule has 3 nitrogen and oxygen atoms in total. The molecule has 4 heteroatoms. The molecule has 2 aromatic carbocycles. The van der Waals surface area contributed by atoms with E-state index in [1.165, 1.54) is 21.6 Å². The highest BCUT2D eigenvalue weighted by Gasteiger charge is 2.04. The number of thiazole rings is 1. The molecule has 0 amide bonds. The first kappa shape index (κ1) is 16.8. The zero-order chi connectivity index (χ0) is 16.8. The first-order valence-corrected chi connectivity index (χ1v) is 8.96. The van der Waals surface area contributed by atoms with Crippen LogP contribution in [-0.4, -0.2) is 24.0 Å². The SMILES string of the molecule is CN(C)Cc1ccc(CNCc2cnc(-c3ccccc3)s2)cc1. The van der Waals surface area contributed by atoms with Gasteiger partial charge in [-0.2, -0.15) is 0 Å². The van der Waals surface area contributed by atoms with Crippen LogP contribution in [0.1, 0.15) is 16.0 Å². The quantitative estimate of drug-likeness (QED) is 0.701. The van der Waals surface area contributed by atoms with E-state index >= 15 is 0 Å². The van der Waals surface area contributed by atoms with Crippen molar-refractivity contribution in [3.63, 3.8) is 0 Å². The highest BCUT2D eigenvalue weighted by atomic mass is 32.1. The van der Waals surface area contributed by atoms with Gasteiger partial charge in [0.2, 0.25) is 0 Å². The van der Waals surface area contributed by atoms with Crippen molar-refractivity contribution in [1.29, 1.82) is 0 Å². The van der Waals surface area contributed by atoms with E-state index < -0.39 is 0 Å². The van der Waals surface area contributed by atoms with Crippen LogP contribution in [0.2, 0.25) is 0 Å². The number of hydrogen-bond acceptors (Lipinski definition) is 4. The summed E-state index contributed by atoms with van der Waals surface area (Å²) in [5.74, 6) is 0. The maximum Gasteiger partial charge on any atom is 0.123 e. The molecule has 3 rings (SSSR count). The Morgan fingerprint density at radius 2 is 1.62 bits per heavy atom. The second kappa shape index (κ2) is 8.20. The summed E-state index contributed by atoms with van der Waals surface area (Å²) in [5, 5.41) is 4.59. The molecule has 0 saturated heterocycles. The van der Waals surface area contributed by atoms with Crippen LogP contribution >= 0.6 is 11.3 Å².